The summed E-state index contributed by atoms with van der Waals surface area (Å²) in [5, 5.41) is 18.6. The van der Waals surface area contributed by atoms with Crippen LogP contribution in [0.1, 0.15) is 16.6 Å². The van der Waals surface area contributed by atoms with Gasteiger partial charge in [0.2, 0.25) is 5.44 Å². The molecule has 0 heterocycles. The molecule has 78 valence electrons. The van der Waals surface area contributed by atoms with Gasteiger partial charge in [-0.1, -0.05) is 18.2 Å². The number of aliphatic hydroxyl groups is 1. The summed E-state index contributed by atoms with van der Waals surface area (Å²) < 4.78 is 29.7. The average Bonchev–Trinajstić information content (AvgIpc) is 2.07. The predicted octanol–water partition coefficient (Wildman–Crippen LogP) is 0.579. The van der Waals surface area contributed by atoms with Gasteiger partial charge in [0.25, 0.3) is 10.1 Å². The van der Waals surface area contributed by atoms with E-state index in [0.29, 0.717) is 5.56 Å². The maximum absolute atomic E-state index is 10.6. The molecule has 1 atom stereocenters. The molecule has 0 aliphatic carbocycles. The fraction of sp³-hybridized carbons (Fsp3) is 0.250. The Bertz CT molecular complexity index is 437. The molecule has 1 aromatic rings. The van der Waals surface area contributed by atoms with E-state index in [9.17, 15) is 13.5 Å². The van der Waals surface area contributed by atoms with E-state index >= 15 is 0 Å². The van der Waals surface area contributed by atoms with Gasteiger partial charge in [-0.25, -0.2) is 0 Å². The Kier molecular flexibility index (Phi) is 2.79. The van der Waals surface area contributed by atoms with E-state index in [1.807, 2.05) is 0 Å². The highest BCUT2D eigenvalue weighted by atomic mass is 32.2. The third kappa shape index (κ3) is 2.03. The van der Waals surface area contributed by atoms with Gasteiger partial charge in [-0.2, -0.15) is 8.42 Å². The zero-order chi connectivity index (χ0) is 10.9. The number of aromatic hydroxyl groups is 1. The van der Waals surface area contributed by atoms with Crippen LogP contribution < -0.4 is 0 Å². The second-order valence-electron chi connectivity index (χ2n) is 2.88. The highest BCUT2D eigenvalue weighted by Gasteiger charge is 2.25. The van der Waals surface area contributed by atoms with Gasteiger partial charge in [-0.15, -0.1) is 0 Å². The van der Waals surface area contributed by atoms with Gasteiger partial charge in [0.15, 0.2) is 0 Å². The lowest BCUT2D eigenvalue weighted by atomic mass is 10.1. The predicted molar refractivity (Wildman–Crippen MR) is 49.4 cm³/mol. The molecule has 0 unspecified atom stereocenters. The standard InChI is InChI=1S/C8H10O5S/c1-5-3-2-4-6(7(5)9)8(10)14(11,12)13/h2-4,8-10H,1H3,(H,11,12,13)/t8-/m1/s1. The number of aliphatic hydroxyl groups excluding tert-OH is 1. The second kappa shape index (κ2) is 3.56. The maximum Gasteiger partial charge on any atom is 0.296 e. The van der Waals surface area contributed by atoms with E-state index in [1.165, 1.54) is 12.1 Å². The van der Waals surface area contributed by atoms with E-state index in [0.717, 1.165) is 0 Å². The maximum atomic E-state index is 10.6. The Morgan fingerprint density at radius 2 is 1.93 bits per heavy atom. The first-order valence-corrected chi connectivity index (χ1v) is 5.27. The number of rotatable bonds is 2. The van der Waals surface area contributed by atoms with Gasteiger partial charge in [0, 0.05) is 5.56 Å². The molecule has 1 rings (SSSR count). The lowest BCUT2D eigenvalue weighted by Gasteiger charge is -2.10. The van der Waals surface area contributed by atoms with Crippen molar-refractivity contribution in [3.63, 3.8) is 0 Å². The minimum atomic E-state index is -4.60. The van der Waals surface area contributed by atoms with Crippen LogP contribution in [0.3, 0.4) is 0 Å². The number of aryl methyl sites for hydroxylation is 1. The first-order chi connectivity index (χ1) is 6.34. The van der Waals surface area contributed by atoms with Crippen molar-refractivity contribution in [1.29, 1.82) is 0 Å². The molecule has 0 aliphatic rings. The number of benzene rings is 1. The third-order valence-electron chi connectivity index (χ3n) is 1.82. The van der Waals surface area contributed by atoms with E-state index < -0.39 is 15.6 Å². The highest BCUT2D eigenvalue weighted by molar-refractivity contribution is 7.85. The molecular weight excluding hydrogens is 208 g/mol. The summed E-state index contributed by atoms with van der Waals surface area (Å²) in [7, 11) is -4.60. The molecule has 0 bridgehead atoms. The molecule has 0 saturated carbocycles. The second-order valence-corrected chi connectivity index (χ2v) is 4.36. The summed E-state index contributed by atoms with van der Waals surface area (Å²) in [6.45, 7) is 1.55. The summed E-state index contributed by atoms with van der Waals surface area (Å²) in [5.41, 5.74) is -1.92. The van der Waals surface area contributed by atoms with E-state index in [2.05, 4.69) is 0 Å². The molecule has 1 aromatic carbocycles. The number of phenols is 1. The molecule has 3 N–H and O–H groups in total. The van der Waals surface area contributed by atoms with Crippen LogP contribution in [0.4, 0.5) is 0 Å². The van der Waals surface area contributed by atoms with Crippen LogP contribution in [0.25, 0.3) is 0 Å². The Morgan fingerprint density at radius 1 is 1.36 bits per heavy atom. The topological polar surface area (TPSA) is 94.8 Å². The summed E-state index contributed by atoms with van der Waals surface area (Å²) in [5.74, 6) is -0.336. The first kappa shape index (κ1) is 11.0. The average molecular weight is 218 g/mol. The Balaban J connectivity index is 3.28. The summed E-state index contributed by atoms with van der Waals surface area (Å²) in [6.07, 6.45) is 0. The fourth-order valence-electron chi connectivity index (χ4n) is 1.04. The van der Waals surface area contributed by atoms with Gasteiger partial charge in [0.1, 0.15) is 5.75 Å². The van der Waals surface area contributed by atoms with E-state index in [-0.39, 0.29) is 11.3 Å². The van der Waals surface area contributed by atoms with Gasteiger partial charge < -0.3 is 10.2 Å². The summed E-state index contributed by atoms with van der Waals surface area (Å²) in [6, 6.07) is 4.25. The van der Waals surface area contributed by atoms with E-state index in [1.54, 1.807) is 13.0 Å². The quantitative estimate of drug-likeness (QED) is 0.631. The normalized spacial score (nSPS) is 13.9. The van der Waals surface area contributed by atoms with Crippen molar-refractivity contribution in [3.8, 4) is 5.75 Å². The summed E-state index contributed by atoms with van der Waals surface area (Å²) in [4.78, 5) is 0. The minimum absolute atomic E-state index is 0.229. The van der Waals surface area contributed by atoms with Crippen LogP contribution >= 0.6 is 0 Å². The monoisotopic (exact) mass is 218 g/mol. The molecular formula is C8H10O5S. The van der Waals surface area contributed by atoms with Crippen molar-refractivity contribution >= 4 is 10.1 Å². The van der Waals surface area contributed by atoms with Crippen molar-refractivity contribution in [2.75, 3.05) is 0 Å². The molecule has 0 aromatic heterocycles. The molecule has 0 spiro atoms. The fourth-order valence-corrected chi connectivity index (χ4v) is 1.55. The van der Waals surface area contributed by atoms with Crippen LogP contribution in [0.2, 0.25) is 0 Å². The molecule has 14 heavy (non-hydrogen) atoms. The third-order valence-corrected chi connectivity index (χ3v) is 2.64. The molecule has 0 radical (unpaired) electrons. The molecule has 5 nitrogen and oxygen atoms in total. The van der Waals surface area contributed by atoms with Crippen molar-refractivity contribution in [2.24, 2.45) is 0 Å². The zero-order valence-electron chi connectivity index (χ0n) is 7.38. The Morgan fingerprint density at radius 3 is 2.43 bits per heavy atom. The number of phenolic OH excluding ortho intramolecular Hbond substituents is 1. The molecule has 0 amide bonds. The first-order valence-electron chi connectivity index (χ1n) is 3.77. The highest BCUT2D eigenvalue weighted by Crippen LogP contribution is 2.29. The smallest absolute Gasteiger partial charge is 0.296 e. The van der Waals surface area contributed by atoms with Crippen LogP contribution in [-0.4, -0.2) is 23.2 Å². The minimum Gasteiger partial charge on any atom is -0.507 e. The van der Waals surface area contributed by atoms with Crippen molar-refractivity contribution in [2.45, 2.75) is 12.4 Å². The van der Waals surface area contributed by atoms with Crippen molar-refractivity contribution in [1.82, 2.24) is 0 Å². The zero-order valence-corrected chi connectivity index (χ0v) is 8.19. The van der Waals surface area contributed by atoms with Crippen LogP contribution in [0, 0.1) is 6.92 Å². The SMILES string of the molecule is Cc1cccc([C@H](O)S(=O)(=O)O)c1O. The molecule has 0 fully saturated rings. The Hall–Kier alpha value is -1.11. The molecule has 0 aliphatic heterocycles. The largest absolute Gasteiger partial charge is 0.507 e. The van der Waals surface area contributed by atoms with Gasteiger partial charge in [-0.3, -0.25) is 4.55 Å². The lowest BCUT2D eigenvalue weighted by molar-refractivity contribution is 0.233. The Labute approximate surface area is 81.4 Å². The van der Waals surface area contributed by atoms with Crippen LogP contribution in [-0.2, 0) is 10.1 Å². The van der Waals surface area contributed by atoms with Gasteiger partial charge in [-0.05, 0) is 12.5 Å². The number of hydrogen-bond acceptors (Lipinski definition) is 4. The lowest BCUT2D eigenvalue weighted by Crippen LogP contribution is -2.11. The summed E-state index contributed by atoms with van der Waals surface area (Å²) >= 11 is 0. The number of para-hydroxylation sites is 1. The van der Waals surface area contributed by atoms with Crippen molar-refractivity contribution < 1.29 is 23.2 Å². The van der Waals surface area contributed by atoms with Crippen LogP contribution in [0.5, 0.6) is 5.75 Å². The van der Waals surface area contributed by atoms with Gasteiger partial charge >= 0.3 is 0 Å². The molecule has 0 saturated heterocycles. The van der Waals surface area contributed by atoms with E-state index in [4.69, 9.17) is 9.66 Å². The number of hydrogen-bond donors (Lipinski definition) is 3. The van der Waals surface area contributed by atoms with Crippen LogP contribution in [0.15, 0.2) is 18.2 Å². The van der Waals surface area contributed by atoms with Crippen molar-refractivity contribution in [3.05, 3.63) is 29.3 Å². The van der Waals surface area contributed by atoms with Gasteiger partial charge in [0.05, 0.1) is 0 Å². The molecule has 6 heteroatoms.